The van der Waals surface area contributed by atoms with E-state index in [1.54, 1.807) is 0 Å². The Morgan fingerprint density at radius 2 is 1.75 bits per heavy atom. The molecule has 0 aliphatic carbocycles. The first-order valence-electron chi connectivity index (χ1n) is 5.74. The summed E-state index contributed by atoms with van der Waals surface area (Å²) in [6, 6.07) is 15.2. The highest BCUT2D eigenvalue weighted by Crippen LogP contribution is 2.19. The Hall–Kier alpha value is -1.62. The summed E-state index contributed by atoms with van der Waals surface area (Å²) in [7, 11) is 0. The average molecular weight is 324 g/mol. The molecule has 3 aromatic rings. The molecule has 3 nitrogen and oxygen atoms in total. The third-order valence-corrected chi connectivity index (χ3v) is 3.29. The van der Waals surface area contributed by atoms with E-state index in [1.807, 2.05) is 48.5 Å². The van der Waals surface area contributed by atoms with Gasteiger partial charge in [0.15, 0.2) is 0 Å². The zero-order valence-corrected chi connectivity index (χ0v) is 12.6. The molecule has 1 heterocycles. The largest absolute Gasteiger partial charge is 0.326 e. The minimum Gasteiger partial charge on any atom is -0.326 e. The van der Waals surface area contributed by atoms with E-state index in [4.69, 9.17) is 23.8 Å². The Morgan fingerprint density at radius 1 is 1.05 bits per heavy atom. The van der Waals surface area contributed by atoms with Crippen LogP contribution in [0, 0.1) is 4.64 Å². The normalized spacial score (nSPS) is 10.1. The van der Waals surface area contributed by atoms with Gasteiger partial charge in [0, 0.05) is 16.1 Å². The van der Waals surface area contributed by atoms with Crippen LogP contribution in [-0.2, 0) is 0 Å². The van der Waals surface area contributed by atoms with E-state index >= 15 is 0 Å². The fourth-order valence-corrected chi connectivity index (χ4v) is 2.21. The van der Waals surface area contributed by atoms with Crippen LogP contribution in [-0.4, -0.2) is 9.97 Å². The first kappa shape index (κ1) is 14.8. The van der Waals surface area contributed by atoms with Gasteiger partial charge in [0.05, 0.1) is 5.52 Å². The van der Waals surface area contributed by atoms with E-state index in [9.17, 15) is 0 Å². The van der Waals surface area contributed by atoms with Crippen molar-refractivity contribution in [1.82, 2.24) is 9.97 Å². The number of aromatic amines is 1. The molecule has 0 fully saturated rings. The molecule has 102 valence electrons. The van der Waals surface area contributed by atoms with Crippen LogP contribution in [0.1, 0.15) is 0 Å². The van der Waals surface area contributed by atoms with Crippen molar-refractivity contribution in [1.29, 1.82) is 0 Å². The second-order valence-corrected chi connectivity index (χ2v) is 4.91. The van der Waals surface area contributed by atoms with Gasteiger partial charge in [0.25, 0.3) is 0 Å². The van der Waals surface area contributed by atoms with Gasteiger partial charge in [0.2, 0.25) is 5.95 Å². The second kappa shape index (κ2) is 6.22. The number of fused-ring (bicyclic) bond motifs is 1. The second-order valence-electron chi connectivity index (χ2n) is 4.06. The van der Waals surface area contributed by atoms with Crippen molar-refractivity contribution in [2.24, 2.45) is 0 Å². The van der Waals surface area contributed by atoms with Crippen molar-refractivity contribution in [3.63, 3.8) is 0 Å². The van der Waals surface area contributed by atoms with E-state index < -0.39 is 0 Å². The Labute approximate surface area is 132 Å². The van der Waals surface area contributed by atoms with Crippen LogP contribution in [0.4, 0.5) is 11.6 Å². The van der Waals surface area contributed by atoms with Crippen LogP contribution in [0.2, 0.25) is 5.02 Å². The Morgan fingerprint density at radius 3 is 2.50 bits per heavy atom. The number of nitrogens with one attached hydrogen (secondary N) is 2. The molecule has 1 aromatic heterocycles. The van der Waals surface area contributed by atoms with Gasteiger partial charge < -0.3 is 10.3 Å². The molecule has 0 aliphatic heterocycles. The first-order chi connectivity index (χ1) is 9.22. The van der Waals surface area contributed by atoms with Crippen LogP contribution in [0.15, 0.2) is 48.5 Å². The van der Waals surface area contributed by atoms with E-state index in [2.05, 4.69) is 15.3 Å². The number of anilines is 2. The Balaban J connectivity index is 0.00000147. The molecule has 0 atom stereocenters. The molecule has 0 amide bonds. The van der Waals surface area contributed by atoms with Crippen LogP contribution in [0.5, 0.6) is 0 Å². The predicted molar refractivity (Wildman–Crippen MR) is 88.9 cm³/mol. The molecule has 6 heteroatoms. The maximum absolute atomic E-state index is 5.85. The van der Waals surface area contributed by atoms with Gasteiger partial charge in [0.1, 0.15) is 4.64 Å². The average Bonchev–Trinajstić information content (AvgIpc) is 2.42. The molecule has 0 radical (unpaired) electrons. The van der Waals surface area contributed by atoms with E-state index in [-0.39, 0.29) is 12.4 Å². The smallest absolute Gasteiger partial charge is 0.206 e. The van der Waals surface area contributed by atoms with Gasteiger partial charge in [-0.2, -0.15) is 0 Å². The molecule has 2 N–H and O–H groups in total. The summed E-state index contributed by atoms with van der Waals surface area (Å²) in [5.41, 5.74) is 1.76. The van der Waals surface area contributed by atoms with Gasteiger partial charge in [-0.15, -0.1) is 12.4 Å². The molecule has 0 saturated carbocycles. The third-order valence-electron chi connectivity index (χ3n) is 2.72. The highest BCUT2D eigenvalue weighted by molar-refractivity contribution is 7.71. The summed E-state index contributed by atoms with van der Waals surface area (Å²) >= 11 is 11.2. The molecular weight excluding hydrogens is 313 g/mol. The molecule has 0 aliphatic rings. The first-order valence-corrected chi connectivity index (χ1v) is 6.53. The minimum absolute atomic E-state index is 0. The maximum Gasteiger partial charge on any atom is 0.206 e. The summed E-state index contributed by atoms with van der Waals surface area (Å²) in [4.78, 5) is 7.56. The van der Waals surface area contributed by atoms with E-state index in [0.29, 0.717) is 15.6 Å². The van der Waals surface area contributed by atoms with Gasteiger partial charge >= 0.3 is 0 Å². The van der Waals surface area contributed by atoms with Gasteiger partial charge in [-0.05, 0) is 36.4 Å². The fourth-order valence-electron chi connectivity index (χ4n) is 1.82. The number of aromatic nitrogens is 2. The molecule has 0 unspecified atom stereocenters. The monoisotopic (exact) mass is 323 g/mol. The van der Waals surface area contributed by atoms with Crippen molar-refractivity contribution in [2.45, 2.75) is 0 Å². The molecule has 3 rings (SSSR count). The van der Waals surface area contributed by atoms with Crippen LogP contribution in [0.3, 0.4) is 0 Å². The van der Waals surface area contributed by atoms with Crippen LogP contribution < -0.4 is 5.32 Å². The summed E-state index contributed by atoms with van der Waals surface area (Å²) in [6.07, 6.45) is 0. The zero-order chi connectivity index (χ0) is 13.2. The maximum atomic E-state index is 5.85. The Kier molecular flexibility index (Phi) is 4.60. The number of hydrogen-bond acceptors (Lipinski definition) is 3. The summed E-state index contributed by atoms with van der Waals surface area (Å²) in [5, 5.41) is 4.81. The molecular formula is C14H11Cl2N3S. The standard InChI is InChI=1S/C14H10ClN3S.ClH/c15-9-5-7-10(8-6-9)16-14-17-12-4-2-1-3-11(12)13(19)18-14;/h1-8H,(H2,16,17,18,19);1H. The van der Waals surface area contributed by atoms with E-state index in [0.717, 1.165) is 16.6 Å². The lowest BCUT2D eigenvalue weighted by atomic mass is 10.2. The number of nitrogens with zero attached hydrogens (tertiary/aromatic N) is 1. The Bertz CT molecular complexity index is 784. The molecule has 20 heavy (non-hydrogen) atoms. The van der Waals surface area contributed by atoms with Gasteiger partial charge in [-0.3, -0.25) is 0 Å². The molecule has 0 saturated heterocycles. The van der Waals surface area contributed by atoms with Crippen molar-refractivity contribution >= 4 is 58.8 Å². The topological polar surface area (TPSA) is 40.7 Å². The molecule has 0 spiro atoms. The van der Waals surface area contributed by atoms with Crippen LogP contribution >= 0.6 is 36.2 Å². The van der Waals surface area contributed by atoms with Crippen molar-refractivity contribution < 1.29 is 0 Å². The predicted octanol–water partition coefficient (Wildman–Crippen LogP) is 5.11. The van der Waals surface area contributed by atoms with Crippen molar-refractivity contribution in [3.05, 3.63) is 58.2 Å². The van der Waals surface area contributed by atoms with Gasteiger partial charge in [-0.25, -0.2) is 4.98 Å². The number of rotatable bonds is 2. The number of para-hydroxylation sites is 1. The summed E-state index contributed by atoms with van der Waals surface area (Å²) in [5.74, 6) is 0.617. The molecule has 0 bridgehead atoms. The van der Waals surface area contributed by atoms with Crippen molar-refractivity contribution in [3.8, 4) is 0 Å². The summed E-state index contributed by atoms with van der Waals surface area (Å²) in [6.45, 7) is 0. The van der Waals surface area contributed by atoms with Gasteiger partial charge in [-0.1, -0.05) is 36.0 Å². The minimum atomic E-state index is 0. The van der Waals surface area contributed by atoms with Crippen LogP contribution in [0.25, 0.3) is 10.9 Å². The SMILES string of the molecule is Cl.S=c1[nH]c(Nc2ccc(Cl)cc2)nc2ccccc12. The third kappa shape index (κ3) is 3.10. The lowest BCUT2D eigenvalue weighted by Crippen LogP contribution is -1.97. The highest BCUT2D eigenvalue weighted by atomic mass is 35.5. The summed E-state index contributed by atoms with van der Waals surface area (Å²) < 4.78 is 0.669. The number of hydrogen-bond donors (Lipinski definition) is 2. The number of benzene rings is 2. The molecule has 2 aromatic carbocycles. The zero-order valence-electron chi connectivity index (χ0n) is 10.3. The van der Waals surface area contributed by atoms with E-state index in [1.165, 1.54) is 0 Å². The fraction of sp³-hybridized carbons (Fsp3) is 0. The quantitative estimate of drug-likeness (QED) is 0.644. The highest BCUT2D eigenvalue weighted by Gasteiger charge is 2.01. The number of halogens is 2. The number of H-pyrrole nitrogens is 1. The van der Waals surface area contributed by atoms with Crippen molar-refractivity contribution in [2.75, 3.05) is 5.32 Å². The lowest BCUT2D eigenvalue weighted by molar-refractivity contribution is 1.20. The lowest BCUT2D eigenvalue weighted by Gasteiger charge is -2.07.